The summed E-state index contributed by atoms with van der Waals surface area (Å²) >= 11 is 0. The molecular weight excluding hydrogens is 328 g/mol. The van der Waals surface area contributed by atoms with E-state index in [9.17, 15) is 14.7 Å². The first-order valence-electron chi connectivity index (χ1n) is 10.3. The van der Waals surface area contributed by atoms with E-state index in [1.54, 1.807) is 0 Å². The zero-order valence-electron chi connectivity index (χ0n) is 17.1. The third-order valence-corrected chi connectivity index (χ3v) is 9.43. The minimum Gasteiger partial charge on any atom is -0.454 e. The van der Waals surface area contributed by atoms with Crippen molar-refractivity contribution < 1.29 is 19.4 Å². The van der Waals surface area contributed by atoms with Crippen molar-refractivity contribution in [3.8, 4) is 0 Å². The molecular formula is C22H34O4. The molecule has 0 amide bonds. The first kappa shape index (κ1) is 18.5. The first-order valence-corrected chi connectivity index (χ1v) is 10.3. The summed E-state index contributed by atoms with van der Waals surface area (Å²) in [7, 11) is 0. The van der Waals surface area contributed by atoms with Crippen molar-refractivity contribution in [2.24, 2.45) is 33.5 Å². The summed E-state index contributed by atoms with van der Waals surface area (Å²) in [5.41, 5.74) is -1.51. The molecule has 7 atom stereocenters. The van der Waals surface area contributed by atoms with Gasteiger partial charge in [0.05, 0.1) is 5.60 Å². The molecule has 0 heterocycles. The van der Waals surface area contributed by atoms with Gasteiger partial charge in [0.2, 0.25) is 0 Å². The Morgan fingerprint density at radius 3 is 2.31 bits per heavy atom. The molecule has 4 nitrogen and oxygen atoms in total. The second-order valence-corrected chi connectivity index (χ2v) is 11.0. The quantitative estimate of drug-likeness (QED) is 0.719. The van der Waals surface area contributed by atoms with Crippen LogP contribution in [0.15, 0.2) is 0 Å². The summed E-state index contributed by atoms with van der Waals surface area (Å²) in [5, 5.41) is 11.1. The Kier molecular flexibility index (Phi) is 3.50. The minimum absolute atomic E-state index is 0.0184. The Balaban J connectivity index is 1.92. The number of Topliss-reactive ketones (excluding diaryl/α,β-unsaturated/α-hetero) is 1. The molecule has 0 aromatic rings. The average Bonchev–Trinajstić information content (AvgIpc) is 2.70. The van der Waals surface area contributed by atoms with Crippen molar-refractivity contribution in [2.75, 3.05) is 0 Å². The molecule has 0 aliphatic heterocycles. The second kappa shape index (κ2) is 4.92. The van der Waals surface area contributed by atoms with E-state index in [1.165, 1.54) is 6.92 Å². The van der Waals surface area contributed by atoms with Gasteiger partial charge in [-0.15, -0.1) is 0 Å². The number of rotatable bonds is 1. The van der Waals surface area contributed by atoms with Gasteiger partial charge in [-0.2, -0.15) is 0 Å². The van der Waals surface area contributed by atoms with Crippen LogP contribution in [0.4, 0.5) is 0 Å². The average molecular weight is 363 g/mol. The number of ether oxygens (including phenoxy) is 1. The third kappa shape index (κ3) is 1.80. The summed E-state index contributed by atoms with van der Waals surface area (Å²) in [6.45, 7) is 12.3. The molecule has 0 aromatic heterocycles. The first-order chi connectivity index (χ1) is 11.8. The van der Waals surface area contributed by atoms with Crippen molar-refractivity contribution in [1.29, 1.82) is 0 Å². The number of carbonyl (C=O) groups is 2. The summed E-state index contributed by atoms with van der Waals surface area (Å²) in [5.74, 6) is -0.0615. The van der Waals surface area contributed by atoms with Crippen LogP contribution in [0.25, 0.3) is 0 Å². The van der Waals surface area contributed by atoms with Gasteiger partial charge in [-0.05, 0) is 61.2 Å². The van der Waals surface area contributed by atoms with E-state index >= 15 is 0 Å². The van der Waals surface area contributed by atoms with Crippen molar-refractivity contribution in [3.05, 3.63) is 0 Å². The molecule has 4 rings (SSSR count). The van der Waals surface area contributed by atoms with Crippen LogP contribution in [0, 0.1) is 33.5 Å². The fourth-order valence-electron chi connectivity index (χ4n) is 8.57. The molecule has 0 bridgehead atoms. The van der Waals surface area contributed by atoms with Gasteiger partial charge >= 0.3 is 5.97 Å². The molecule has 0 aromatic carbocycles. The molecule has 146 valence electrons. The second-order valence-electron chi connectivity index (χ2n) is 11.0. The lowest BCUT2D eigenvalue weighted by Crippen LogP contribution is -2.78. The number of fused-ring (bicyclic) bond motifs is 1. The fraction of sp³-hybridized carbons (Fsp3) is 0.909. The Hall–Kier alpha value is -0.900. The molecule has 4 aliphatic rings. The van der Waals surface area contributed by atoms with Crippen LogP contribution in [-0.4, -0.2) is 28.6 Å². The summed E-state index contributed by atoms with van der Waals surface area (Å²) < 4.78 is 5.74. The fourth-order valence-corrected chi connectivity index (χ4v) is 8.57. The Labute approximate surface area is 157 Å². The molecule has 4 saturated carbocycles. The lowest BCUT2D eigenvalue weighted by atomic mass is 9.27. The van der Waals surface area contributed by atoms with Crippen molar-refractivity contribution in [3.63, 3.8) is 0 Å². The summed E-state index contributed by atoms with van der Waals surface area (Å²) in [6, 6.07) is 0. The lowest BCUT2D eigenvalue weighted by molar-refractivity contribution is -0.294. The van der Waals surface area contributed by atoms with Gasteiger partial charge in [-0.3, -0.25) is 9.59 Å². The normalized spacial score (nSPS) is 54.6. The predicted octanol–water partition coefficient (Wildman–Crippen LogP) is 3.89. The Morgan fingerprint density at radius 1 is 1.08 bits per heavy atom. The SMILES string of the molecule is CC(=O)O[C@@H]1C(=O)[C@@]2(C)C[C@H]3[C@@]2(CC[C@]3(C)O)[C@@]2(C)CCCC(C)(C)[C@H]12. The number of carbonyl (C=O) groups excluding carboxylic acids is 2. The Morgan fingerprint density at radius 2 is 1.73 bits per heavy atom. The molecule has 0 saturated heterocycles. The largest absolute Gasteiger partial charge is 0.454 e. The van der Waals surface area contributed by atoms with Gasteiger partial charge in [-0.25, -0.2) is 0 Å². The molecule has 1 N–H and O–H groups in total. The monoisotopic (exact) mass is 362 g/mol. The maximum Gasteiger partial charge on any atom is 0.303 e. The van der Waals surface area contributed by atoms with E-state index in [1.807, 2.05) is 6.92 Å². The van der Waals surface area contributed by atoms with Crippen LogP contribution in [0.1, 0.15) is 80.1 Å². The molecule has 1 spiro atoms. The third-order valence-electron chi connectivity index (χ3n) is 9.43. The highest BCUT2D eigenvalue weighted by Gasteiger charge is 2.83. The van der Waals surface area contributed by atoms with Crippen molar-refractivity contribution >= 4 is 11.8 Å². The zero-order chi connectivity index (χ0) is 19.3. The lowest BCUT2D eigenvalue weighted by Gasteiger charge is -2.76. The van der Waals surface area contributed by atoms with Crippen molar-refractivity contribution in [2.45, 2.75) is 91.8 Å². The number of hydrogen-bond donors (Lipinski definition) is 1. The van der Waals surface area contributed by atoms with Gasteiger partial charge < -0.3 is 9.84 Å². The topological polar surface area (TPSA) is 63.6 Å². The minimum atomic E-state index is -0.691. The highest BCUT2D eigenvalue weighted by atomic mass is 16.5. The van der Waals surface area contributed by atoms with Crippen LogP contribution < -0.4 is 0 Å². The smallest absolute Gasteiger partial charge is 0.303 e. The maximum absolute atomic E-state index is 13.7. The number of esters is 1. The van der Waals surface area contributed by atoms with E-state index in [4.69, 9.17) is 4.74 Å². The summed E-state index contributed by atoms with van der Waals surface area (Å²) in [6.07, 6.45) is 4.98. The van der Waals surface area contributed by atoms with Gasteiger partial charge in [0.15, 0.2) is 11.9 Å². The van der Waals surface area contributed by atoms with Crippen LogP contribution in [0.3, 0.4) is 0 Å². The van der Waals surface area contributed by atoms with Crippen molar-refractivity contribution in [1.82, 2.24) is 0 Å². The number of aliphatic hydroxyl groups is 1. The van der Waals surface area contributed by atoms with Crippen LogP contribution in [-0.2, 0) is 14.3 Å². The predicted molar refractivity (Wildman–Crippen MR) is 98.3 cm³/mol. The van der Waals surface area contributed by atoms with E-state index in [-0.39, 0.29) is 39.8 Å². The van der Waals surface area contributed by atoms with Crippen LogP contribution >= 0.6 is 0 Å². The highest BCUT2D eigenvalue weighted by Crippen LogP contribution is 2.83. The molecule has 26 heavy (non-hydrogen) atoms. The standard InChI is InChI=1S/C22H34O4/c1-13(23)26-15-16-18(2,3)8-7-9-19(16,4)22-11-10-21(6,25)14(22)12-20(22,5)17(15)24/h14-16,25H,7-12H2,1-6H3/t14-,15+,16+,19+,20-,21+,22+/m1/s1. The Bertz CT molecular complexity index is 680. The molecule has 4 heteroatoms. The van der Waals surface area contributed by atoms with Gasteiger partial charge in [0.1, 0.15) is 0 Å². The van der Waals surface area contributed by atoms with Crippen LogP contribution in [0.5, 0.6) is 0 Å². The van der Waals surface area contributed by atoms with Gasteiger partial charge in [-0.1, -0.05) is 34.1 Å². The van der Waals surface area contributed by atoms with Crippen LogP contribution in [0.2, 0.25) is 0 Å². The number of ketones is 1. The molecule has 4 aliphatic carbocycles. The van der Waals surface area contributed by atoms with E-state index < -0.39 is 17.1 Å². The van der Waals surface area contributed by atoms with E-state index in [0.29, 0.717) is 0 Å². The van der Waals surface area contributed by atoms with Gasteiger partial charge in [0.25, 0.3) is 0 Å². The maximum atomic E-state index is 13.7. The highest BCUT2D eigenvalue weighted by molar-refractivity contribution is 5.94. The van der Waals surface area contributed by atoms with E-state index in [0.717, 1.165) is 38.5 Å². The number of hydrogen-bond acceptors (Lipinski definition) is 4. The molecule has 0 unspecified atom stereocenters. The summed E-state index contributed by atoms with van der Waals surface area (Å²) in [4.78, 5) is 25.6. The van der Waals surface area contributed by atoms with Gasteiger partial charge in [0, 0.05) is 18.3 Å². The molecule has 4 fully saturated rings. The molecule has 0 radical (unpaired) electrons. The van der Waals surface area contributed by atoms with E-state index in [2.05, 4.69) is 27.7 Å². The zero-order valence-corrected chi connectivity index (χ0v) is 17.1.